The summed E-state index contributed by atoms with van der Waals surface area (Å²) in [5.74, 6) is 2.28. The molecule has 5 nitrogen and oxygen atoms in total. The molecule has 1 saturated carbocycles. The zero-order chi connectivity index (χ0) is 15.5. The topological polar surface area (TPSA) is 56.5 Å². The third kappa shape index (κ3) is 3.42. The first-order valence-electron chi connectivity index (χ1n) is 7.62. The number of hydrogen-bond donors (Lipinski definition) is 1. The lowest BCUT2D eigenvalue weighted by Crippen LogP contribution is -2.15. The smallest absolute Gasteiger partial charge is 0.161 e. The van der Waals surface area contributed by atoms with Crippen molar-refractivity contribution >= 4 is 0 Å². The molecule has 1 aliphatic carbocycles. The minimum absolute atomic E-state index is 0.428. The summed E-state index contributed by atoms with van der Waals surface area (Å²) in [5.41, 5.74) is 3.05. The number of rotatable bonds is 7. The molecular formula is C17H22N2O3. The normalized spacial score (nSPS) is 14.1. The van der Waals surface area contributed by atoms with Gasteiger partial charge in [0.25, 0.3) is 0 Å². The number of nitrogens with zero attached hydrogens (tertiary/aromatic N) is 1. The molecule has 2 aromatic rings. The number of ether oxygens (including phenoxy) is 2. The highest BCUT2D eigenvalue weighted by Gasteiger charge is 2.20. The van der Waals surface area contributed by atoms with E-state index in [1.54, 1.807) is 7.11 Å². The molecule has 0 bridgehead atoms. The van der Waals surface area contributed by atoms with E-state index in [4.69, 9.17) is 14.0 Å². The van der Waals surface area contributed by atoms with Gasteiger partial charge < -0.3 is 19.3 Å². The number of aryl methyl sites for hydroxylation is 2. The Kier molecular flexibility index (Phi) is 4.34. The lowest BCUT2D eigenvalue weighted by molar-refractivity contribution is 0.281. The van der Waals surface area contributed by atoms with Crippen LogP contribution in [0.3, 0.4) is 0 Å². The third-order valence-electron chi connectivity index (χ3n) is 3.95. The summed E-state index contributed by atoms with van der Waals surface area (Å²) in [6.45, 7) is 5.10. The Morgan fingerprint density at radius 3 is 2.73 bits per heavy atom. The number of hydrogen-bond acceptors (Lipinski definition) is 5. The summed E-state index contributed by atoms with van der Waals surface area (Å²) in [7, 11) is 1.66. The molecule has 118 valence electrons. The van der Waals surface area contributed by atoms with Crippen molar-refractivity contribution in [2.45, 2.75) is 45.9 Å². The first-order chi connectivity index (χ1) is 10.7. The lowest BCUT2D eigenvalue weighted by atomic mass is 10.2. The summed E-state index contributed by atoms with van der Waals surface area (Å²) >= 11 is 0. The number of methoxy groups -OCH3 is 1. The quantitative estimate of drug-likeness (QED) is 0.851. The minimum atomic E-state index is 0.428. The standard InChI is InChI=1S/C17H22N2O3/c1-11-15(12(2)22-19-11)10-21-16-7-4-13(8-17(16)20-3)9-18-14-5-6-14/h4,7-8,14,18H,5-6,9-10H2,1-3H3. The highest BCUT2D eigenvalue weighted by molar-refractivity contribution is 5.43. The predicted octanol–water partition coefficient (Wildman–Crippen LogP) is 3.13. The fourth-order valence-electron chi connectivity index (χ4n) is 2.35. The summed E-state index contributed by atoms with van der Waals surface area (Å²) in [6.07, 6.45) is 2.57. The molecule has 1 N–H and O–H groups in total. The maximum atomic E-state index is 5.88. The van der Waals surface area contributed by atoms with E-state index in [1.807, 2.05) is 26.0 Å². The molecule has 22 heavy (non-hydrogen) atoms. The van der Waals surface area contributed by atoms with E-state index in [1.165, 1.54) is 18.4 Å². The molecular weight excluding hydrogens is 280 g/mol. The zero-order valence-corrected chi connectivity index (χ0v) is 13.3. The van der Waals surface area contributed by atoms with Gasteiger partial charge in [0, 0.05) is 12.6 Å². The first-order valence-corrected chi connectivity index (χ1v) is 7.62. The lowest BCUT2D eigenvalue weighted by Gasteiger charge is -2.12. The van der Waals surface area contributed by atoms with Crippen LogP contribution in [-0.4, -0.2) is 18.3 Å². The van der Waals surface area contributed by atoms with Crippen molar-refractivity contribution in [3.05, 3.63) is 40.8 Å². The summed E-state index contributed by atoms with van der Waals surface area (Å²) in [5, 5.41) is 7.43. The second-order valence-electron chi connectivity index (χ2n) is 5.73. The van der Waals surface area contributed by atoms with Crippen molar-refractivity contribution in [3.63, 3.8) is 0 Å². The molecule has 1 aliphatic rings. The number of nitrogens with one attached hydrogen (secondary N) is 1. The second kappa shape index (κ2) is 6.40. The predicted molar refractivity (Wildman–Crippen MR) is 83.2 cm³/mol. The third-order valence-corrected chi connectivity index (χ3v) is 3.95. The number of aromatic nitrogens is 1. The van der Waals surface area contributed by atoms with Crippen LogP contribution < -0.4 is 14.8 Å². The van der Waals surface area contributed by atoms with Crippen molar-refractivity contribution in [2.24, 2.45) is 0 Å². The van der Waals surface area contributed by atoms with Crippen molar-refractivity contribution in [2.75, 3.05) is 7.11 Å². The van der Waals surface area contributed by atoms with E-state index in [9.17, 15) is 0 Å². The fourth-order valence-corrected chi connectivity index (χ4v) is 2.35. The van der Waals surface area contributed by atoms with Gasteiger partial charge in [-0.25, -0.2) is 0 Å². The first kappa shape index (κ1) is 14.9. The molecule has 1 aromatic carbocycles. The van der Waals surface area contributed by atoms with E-state index >= 15 is 0 Å². The molecule has 1 heterocycles. The van der Waals surface area contributed by atoms with Crippen LogP contribution in [0.15, 0.2) is 22.7 Å². The monoisotopic (exact) mass is 302 g/mol. The molecule has 1 aromatic heterocycles. The molecule has 5 heteroatoms. The van der Waals surface area contributed by atoms with Crippen LogP contribution in [0, 0.1) is 13.8 Å². The Hall–Kier alpha value is -2.01. The number of benzene rings is 1. The fraction of sp³-hybridized carbons (Fsp3) is 0.471. The molecule has 0 unspecified atom stereocenters. The van der Waals surface area contributed by atoms with Gasteiger partial charge in [0.1, 0.15) is 12.4 Å². The SMILES string of the molecule is COc1cc(CNC2CC2)ccc1OCc1c(C)noc1C. The zero-order valence-electron chi connectivity index (χ0n) is 13.3. The molecule has 0 atom stereocenters. The summed E-state index contributed by atoms with van der Waals surface area (Å²) in [6, 6.07) is 6.75. The Morgan fingerprint density at radius 2 is 2.09 bits per heavy atom. The van der Waals surface area contributed by atoms with Gasteiger partial charge >= 0.3 is 0 Å². The Morgan fingerprint density at radius 1 is 1.27 bits per heavy atom. The average molecular weight is 302 g/mol. The van der Waals surface area contributed by atoms with Gasteiger partial charge in [-0.15, -0.1) is 0 Å². The van der Waals surface area contributed by atoms with Crippen LogP contribution in [0.1, 0.15) is 35.4 Å². The Bertz CT molecular complexity index is 628. The highest BCUT2D eigenvalue weighted by atomic mass is 16.5. The summed E-state index contributed by atoms with van der Waals surface area (Å²) in [4.78, 5) is 0. The van der Waals surface area contributed by atoms with Crippen molar-refractivity contribution in [1.82, 2.24) is 10.5 Å². The van der Waals surface area contributed by atoms with Crippen LogP contribution in [-0.2, 0) is 13.2 Å². The maximum absolute atomic E-state index is 5.88. The van der Waals surface area contributed by atoms with Gasteiger partial charge in [-0.05, 0) is 44.4 Å². The Balaban J connectivity index is 1.67. The van der Waals surface area contributed by atoms with Gasteiger partial charge in [-0.1, -0.05) is 11.2 Å². The van der Waals surface area contributed by atoms with Crippen LogP contribution in [0.25, 0.3) is 0 Å². The van der Waals surface area contributed by atoms with E-state index < -0.39 is 0 Å². The highest BCUT2D eigenvalue weighted by Crippen LogP contribution is 2.30. The van der Waals surface area contributed by atoms with Crippen molar-refractivity contribution in [3.8, 4) is 11.5 Å². The van der Waals surface area contributed by atoms with Gasteiger partial charge in [-0.2, -0.15) is 0 Å². The molecule has 3 rings (SSSR count). The molecule has 0 radical (unpaired) electrons. The van der Waals surface area contributed by atoms with E-state index in [2.05, 4.69) is 16.5 Å². The maximum Gasteiger partial charge on any atom is 0.161 e. The van der Waals surface area contributed by atoms with E-state index in [0.29, 0.717) is 12.6 Å². The molecule has 0 spiro atoms. The summed E-state index contributed by atoms with van der Waals surface area (Å²) < 4.78 is 16.5. The van der Waals surface area contributed by atoms with Gasteiger partial charge in [-0.3, -0.25) is 0 Å². The van der Waals surface area contributed by atoms with Crippen molar-refractivity contribution < 1.29 is 14.0 Å². The van der Waals surface area contributed by atoms with Crippen LogP contribution in [0.5, 0.6) is 11.5 Å². The van der Waals surface area contributed by atoms with Crippen LogP contribution in [0.4, 0.5) is 0 Å². The molecule has 0 aliphatic heterocycles. The Labute approximate surface area is 130 Å². The average Bonchev–Trinajstić information content (AvgIpc) is 3.30. The van der Waals surface area contributed by atoms with Gasteiger partial charge in [0.05, 0.1) is 18.4 Å². The molecule has 0 amide bonds. The van der Waals surface area contributed by atoms with E-state index in [0.717, 1.165) is 35.1 Å². The van der Waals surface area contributed by atoms with Gasteiger partial charge in [0.2, 0.25) is 0 Å². The van der Waals surface area contributed by atoms with Crippen LogP contribution >= 0.6 is 0 Å². The second-order valence-corrected chi connectivity index (χ2v) is 5.73. The molecule has 1 fully saturated rings. The van der Waals surface area contributed by atoms with E-state index in [-0.39, 0.29) is 0 Å². The largest absolute Gasteiger partial charge is 0.493 e. The van der Waals surface area contributed by atoms with Gasteiger partial charge in [0.15, 0.2) is 11.5 Å². The molecule has 0 saturated heterocycles. The minimum Gasteiger partial charge on any atom is -0.493 e. The van der Waals surface area contributed by atoms with Crippen LogP contribution in [0.2, 0.25) is 0 Å². The van der Waals surface area contributed by atoms with Crippen molar-refractivity contribution in [1.29, 1.82) is 0 Å².